The van der Waals surface area contributed by atoms with Crippen molar-refractivity contribution in [2.24, 2.45) is 0 Å². The maximum Gasteiger partial charge on any atom is 0.311 e. The molecule has 0 saturated heterocycles. The quantitative estimate of drug-likeness (QED) is 0.708. The van der Waals surface area contributed by atoms with Gasteiger partial charge in [-0.2, -0.15) is 0 Å². The van der Waals surface area contributed by atoms with Gasteiger partial charge in [-0.15, -0.1) is 0 Å². The maximum absolute atomic E-state index is 12.1. The van der Waals surface area contributed by atoms with Crippen molar-refractivity contribution in [3.63, 3.8) is 0 Å². The minimum absolute atomic E-state index is 0.234. The summed E-state index contributed by atoms with van der Waals surface area (Å²) >= 11 is 3.43. The number of hydrogen-bond donors (Lipinski definition) is 0. The molecule has 0 fully saturated rings. The Hall–Kier alpha value is -2.01. The van der Waals surface area contributed by atoms with E-state index in [-0.39, 0.29) is 12.4 Å². The number of cyclic esters (lactones) is 1. The van der Waals surface area contributed by atoms with Crippen LogP contribution < -0.4 is 9.47 Å². The van der Waals surface area contributed by atoms with Crippen molar-refractivity contribution >= 4 is 21.9 Å². The molecule has 0 aliphatic carbocycles. The summed E-state index contributed by atoms with van der Waals surface area (Å²) < 4.78 is 18.0. The number of halogens is 1. The molecule has 0 radical (unpaired) electrons. The highest BCUT2D eigenvalue weighted by molar-refractivity contribution is 9.10. The van der Waals surface area contributed by atoms with E-state index in [1.807, 2.05) is 50.2 Å². The predicted molar refractivity (Wildman–Crippen MR) is 94.6 cm³/mol. The van der Waals surface area contributed by atoms with Gasteiger partial charge in [-0.1, -0.05) is 28.1 Å². The summed E-state index contributed by atoms with van der Waals surface area (Å²) in [7, 11) is 0. The van der Waals surface area contributed by atoms with Gasteiger partial charge in [-0.05, 0) is 49.2 Å². The molecule has 0 N–H and O–H groups in total. The first-order chi connectivity index (χ1) is 11.6. The van der Waals surface area contributed by atoms with Gasteiger partial charge < -0.3 is 14.2 Å². The van der Waals surface area contributed by atoms with E-state index >= 15 is 0 Å². The highest BCUT2D eigenvalue weighted by Crippen LogP contribution is 2.40. The zero-order chi connectivity index (χ0) is 17.1. The monoisotopic (exact) mass is 390 g/mol. The van der Waals surface area contributed by atoms with Gasteiger partial charge in [0.1, 0.15) is 0 Å². The first-order valence-corrected chi connectivity index (χ1v) is 8.79. The number of rotatable bonds is 5. The average Bonchev–Trinajstić information content (AvgIpc) is 2.56. The summed E-state index contributed by atoms with van der Waals surface area (Å²) in [6.07, 6.45) is -0.182. The van der Waals surface area contributed by atoms with Crippen LogP contribution in [0.1, 0.15) is 36.6 Å². The van der Waals surface area contributed by atoms with Gasteiger partial charge in [0.2, 0.25) is 0 Å². The second kappa shape index (κ2) is 7.26. The van der Waals surface area contributed by atoms with E-state index in [0.717, 1.165) is 21.2 Å². The average molecular weight is 391 g/mol. The fourth-order valence-corrected chi connectivity index (χ4v) is 3.09. The molecule has 3 rings (SSSR count). The van der Waals surface area contributed by atoms with Crippen molar-refractivity contribution in [1.82, 2.24) is 0 Å². The molecule has 126 valence electrons. The molecule has 1 atom stereocenters. The van der Waals surface area contributed by atoms with Gasteiger partial charge >= 0.3 is 5.97 Å². The lowest BCUT2D eigenvalue weighted by Crippen LogP contribution is -2.22. The number of carbonyl (C=O) groups is 1. The van der Waals surface area contributed by atoms with Crippen molar-refractivity contribution in [3.05, 3.63) is 57.6 Å². The van der Waals surface area contributed by atoms with Crippen LogP contribution in [0.25, 0.3) is 0 Å². The van der Waals surface area contributed by atoms with Gasteiger partial charge in [-0.25, -0.2) is 0 Å². The minimum atomic E-state index is -0.427. The number of ether oxygens (including phenoxy) is 3. The zero-order valence-corrected chi connectivity index (χ0v) is 15.3. The SMILES string of the molecule is CCOc1cc2c(cc1OCC)C(c1ccc(Br)cc1)OC(=O)C2. The molecule has 2 aromatic carbocycles. The van der Waals surface area contributed by atoms with Gasteiger partial charge in [-0.3, -0.25) is 4.79 Å². The number of benzene rings is 2. The summed E-state index contributed by atoms with van der Waals surface area (Å²) in [4.78, 5) is 12.1. The van der Waals surface area contributed by atoms with E-state index in [9.17, 15) is 4.79 Å². The minimum Gasteiger partial charge on any atom is -0.490 e. The van der Waals surface area contributed by atoms with Crippen LogP contribution in [0.5, 0.6) is 11.5 Å². The lowest BCUT2D eigenvalue weighted by Gasteiger charge is -2.27. The molecular weight excluding hydrogens is 372 g/mol. The lowest BCUT2D eigenvalue weighted by atomic mass is 9.92. The van der Waals surface area contributed by atoms with Gasteiger partial charge in [0, 0.05) is 10.0 Å². The molecule has 1 unspecified atom stereocenters. The molecule has 1 aliphatic heterocycles. The van der Waals surface area contributed by atoms with Crippen LogP contribution in [0.4, 0.5) is 0 Å². The fraction of sp³-hybridized carbons (Fsp3) is 0.316. The molecule has 0 amide bonds. The van der Waals surface area contributed by atoms with Crippen LogP contribution >= 0.6 is 15.9 Å². The van der Waals surface area contributed by atoms with Crippen LogP contribution in [0.15, 0.2) is 40.9 Å². The number of fused-ring (bicyclic) bond motifs is 1. The summed E-state index contributed by atoms with van der Waals surface area (Å²) in [5.74, 6) is 1.11. The second-order valence-electron chi connectivity index (χ2n) is 5.46. The van der Waals surface area contributed by atoms with Gasteiger partial charge in [0.05, 0.1) is 19.6 Å². The van der Waals surface area contributed by atoms with Gasteiger partial charge in [0.15, 0.2) is 17.6 Å². The maximum atomic E-state index is 12.1. The van der Waals surface area contributed by atoms with E-state index < -0.39 is 6.10 Å². The Kier molecular flexibility index (Phi) is 5.09. The molecular formula is C19H19BrO4. The molecule has 4 nitrogen and oxygen atoms in total. The summed E-state index contributed by atoms with van der Waals surface area (Å²) in [6.45, 7) is 4.94. The van der Waals surface area contributed by atoms with E-state index in [4.69, 9.17) is 14.2 Å². The molecule has 0 aromatic heterocycles. The molecule has 0 spiro atoms. The normalized spacial score (nSPS) is 16.3. The van der Waals surface area contributed by atoms with E-state index in [1.165, 1.54) is 0 Å². The number of hydrogen-bond acceptors (Lipinski definition) is 4. The molecule has 0 saturated carbocycles. The molecule has 24 heavy (non-hydrogen) atoms. The summed E-state index contributed by atoms with van der Waals surface area (Å²) in [6, 6.07) is 11.6. The Morgan fingerprint density at radius 3 is 2.33 bits per heavy atom. The first-order valence-electron chi connectivity index (χ1n) is 7.99. The van der Waals surface area contributed by atoms with Crippen molar-refractivity contribution in [1.29, 1.82) is 0 Å². The number of carbonyl (C=O) groups excluding carboxylic acids is 1. The fourth-order valence-electron chi connectivity index (χ4n) is 2.83. The Labute approximate surface area is 149 Å². The summed E-state index contributed by atoms with van der Waals surface area (Å²) in [5, 5.41) is 0. The second-order valence-corrected chi connectivity index (χ2v) is 6.38. The highest BCUT2D eigenvalue weighted by Gasteiger charge is 2.29. The largest absolute Gasteiger partial charge is 0.490 e. The van der Waals surface area contributed by atoms with Crippen LogP contribution in [-0.4, -0.2) is 19.2 Å². The molecule has 1 aliphatic rings. The molecule has 5 heteroatoms. The van der Waals surface area contributed by atoms with Crippen LogP contribution in [0, 0.1) is 0 Å². The van der Waals surface area contributed by atoms with Crippen LogP contribution in [0.3, 0.4) is 0 Å². The van der Waals surface area contributed by atoms with Crippen molar-refractivity contribution < 1.29 is 19.0 Å². The van der Waals surface area contributed by atoms with Crippen molar-refractivity contribution in [2.75, 3.05) is 13.2 Å². The van der Waals surface area contributed by atoms with E-state index in [0.29, 0.717) is 24.7 Å². The van der Waals surface area contributed by atoms with E-state index in [1.54, 1.807) is 0 Å². The highest BCUT2D eigenvalue weighted by atomic mass is 79.9. The van der Waals surface area contributed by atoms with E-state index in [2.05, 4.69) is 15.9 Å². The number of esters is 1. The Bertz CT molecular complexity index is 740. The molecule has 0 bridgehead atoms. The zero-order valence-electron chi connectivity index (χ0n) is 13.7. The third-order valence-corrected chi connectivity index (χ3v) is 4.37. The Balaban J connectivity index is 2.08. The van der Waals surface area contributed by atoms with Crippen molar-refractivity contribution in [2.45, 2.75) is 26.4 Å². The van der Waals surface area contributed by atoms with Crippen molar-refractivity contribution in [3.8, 4) is 11.5 Å². The smallest absolute Gasteiger partial charge is 0.311 e. The third kappa shape index (κ3) is 3.41. The standard InChI is InChI=1S/C19H19BrO4/c1-3-22-16-9-13-10-18(21)24-19(12-5-7-14(20)8-6-12)15(13)11-17(16)23-4-2/h5-9,11,19H,3-4,10H2,1-2H3. The Morgan fingerprint density at radius 1 is 1.08 bits per heavy atom. The molecule has 1 heterocycles. The third-order valence-electron chi connectivity index (χ3n) is 3.84. The topological polar surface area (TPSA) is 44.8 Å². The molecule has 2 aromatic rings. The summed E-state index contributed by atoms with van der Waals surface area (Å²) in [5.41, 5.74) is 2.80. The lowest BCUT2D eigenvalue weighted by molar-refractivity contribution is -0.148. The predicted octanol–water partition coefficient (Wildman–Crippen LogP) is 4.44. The van der Waals surface area contributed by atoms with Crippen LogP contribution in [0.2, 0.25) is 0 Å². The van der Waals surface area contributed by atoms with Crippen LogP contribution in [-0.2, 0) is 16.0 Å². The first kappa shape index (κ1) is 16.8. The van der Waals surface area contributed by atoms with Gasteiger partial charge in [0.25, 0.3) is 0 Å². The Morgan fingerprint density at radius 2 is 1.71 bits per heavy atom.